The van der Waals surface area contributed by atoms with Crippen LogP contribution in [0.25, 0.3) is 9.88 Å². The number of anilines is 1. The lowest BCUT2D eigenvalue weighted by atomic mass is 10.3. The molecule has 6 nitrogen and oxygen atoms in total. The van der Waals surface area contributed by atoms with E-state index in [0.717, 1.165) is 9.88 Å². The molecule has 3 aromatic rings. The monoisotopic (exact) mass is 374 g/mol. The Bertz CT molecular complexity index is 874. The van der Waals surface area contributed by atoms with Gasteiger partial charge in [-0.1, -0.05) is 12.1 Å². The van der Waals surface area contributed by atoms with Crippen molar-refractivity contribution in [1.29, 1.82) is 0 Å². The second-order valence-electron chi connectivity index (χ2n) is 4.77. The summed E-state index contributed by atoms with van der Waals surface area (Å²) in [5, 5.41) is 5.29. The first-order valence-corrected chi connectivity index (χ1v) is 9.11. The van der Waals surface area contributed by atoms with Gasteiger partial charge in [0.25, 0.3) is 0 Å². The van der Waals surface area contributed by atoms with Gasteiger partial charge in [0.05, 0.1) is 17.7 Å². The molecular formula is C17H14N2O4S2. The predicted octanol–water partition coefficient (Wildman–Crippen LogP) is 4.66. The molecule has 3 rings (SSSR count). The summed E-state index contributed by atoms with van der Waals surface area (Å²) in [4.78, 5) is 29.4. The number of hydrogen-bond acceptors (Lipinski definition) is 7. The number of thiazole rings is 1. The molecule has 0 atom stereocenters. The van der Waals surface area contributed by atoms with Crippen LogP contribution in [0.2, 0.25) is 0 Å². The van der Waals surface area contributed by atoms with Crippen LogP contribution in [0.3, 0.4) is 0 Å². The van der Waals surface area contributed by atoms with Gasteiger partial charge in [0.15, 0.2) is 0 Å². The van der Waals surface area contributed by atoms with E-state index in [0.29, 0.717) is 16.3 Å². The summed E-state index contributed by atoms with van der Waals surface area (Å²) in [6.07, 6.45) is 0.942. The Kier molecular flexibility index (Phi) is 5.42. The third-order valence-electron chi connectivity index (χ3n) is 3.01. The van der Waals surface area contributed by atoms with Crippen LogP contribution in [0.15, 0.2) is 48.0 Å². The first-order valence-electron chi connectivity index (χ1n) is 7.41. The van der Waals surface area contributed by atoms with Crippen molar-refractivity contribution < 1.29 is 19.1 Å². The van der Waals surface area contributed by atoms with Crippen molar-refractivity contribution in [2.45, 2.75) is 6.92 Å². The van der Waals surface area contributed by atoms with Crippen molar-refractivity contribution in [2.75, 3.05) is 11.9 Å². The van der Waals surface area contributed by atoms with E-state index in [9.17, 15) is 9.59 Å². The average Bonchev–Trinajstić information content (AvgIpc) is 3.27. The van der Waals surface area contributed by atoms with Crippen LogP contribution in [0.5, 0.6) is 5.75 Å². The first-order chi connectivity index (χ1) is 12.2. The van der Waals surface area contributed by atoms with Gasteiger partial charge in [-0.25, -0.2) is 14.6 Å². The molecule has 0 saturated carbocycles. The Morgan fingerprint density at radius 2 is 2.12 bits per heavy atom. The van der Waals surface area contributed by atoms with Crippen molar-refractivity contribution in [3.63, 3.8) is 0 Å². The Morgan fingerprint density at radius 3 is 2.88 bits per heavy atom. The van der Waals surface area contributed by atoms with E-state index >= 15 is 0 Å². The Morgan fingerprint density at radius 1 is 1.24 bits per heavy atom. The summed E-state index contributed by atoms with van der Waals surface area (Å²) in [6.45, 7) is 2.00. The summed E-state index contributed by atoms with van der Waals surface area (Å²) in [6, 6.07) is 10.4. The highest BCUT2D eigenvalue weighted by atomic mass is 32.1. The number of carbonyl (C=O) groups excluding carboxylic acids is 2. The second-order valence-corrected chi connectivity index (χ2v) is 6.75. The van der Waals surface area contributed by atoms with Crippen LogP contribution >= 0.6 is 22.7 Å². The normalized spacial score (nSPS) is 10.3. The van der Waals surface area contributed by atoms with Crippen LogP contribution in [0.4, 0.5) is 10.5 Å². The number of rotatable bonds is 5. The molecule has 8 heteroatoms. The molecule has 25 heavy (non-hydrogen) atoms. The number of nitrogens with one attached hydrogen (secondary N) is 1. The molecule has 1 aromatic carbocycles. The maximum atomic E-state index is 12.3. The smallest absolute Gasteiger partial charge is 0.411 e. The summed E-state index contributed by atoms with van der Waals surface area (Å²) in [7, 11) is 0. The van der Waals surface area contributed by atoms with Gasteiger partial charge >= 0.3 is 12.1 Å². The molecule has 2 aromatic heterocycles. The van der Waals surface area contributed by atoms with E-state index < -0.39 is 12.1 Å². The average molecular weight is 374 g/mol. The van der Waals surface area contributed by atoms with Gasteiger partial charge < -0.3 is 9.47 Å². The van der Waals surface area contributed by atoms with Gasteiger partial charge in [0.2, 0.25) is 0 Å². The standard InChI is InChI=1S/C17H14N2O4S2/c1-2-22-17(21)19-11-5-3-6-12(9-11)23-16(20)14-10-18-15(25-14)13-7-4-8-24-13/h3-10H,2H2,1H3,(H,19,21). The highest BCUT2D eigenvalue weighted by Gasteiger charge is 2.15. The minimum absolute atomic E-state index is 0.276. The van der Waals surface area contributed by atoms with Gasteiger partial charge in [-0.05, 0) is 30.5 Å². The predicted molar refractivity (Wildman–Crippen MR) is 97.5 cm³/mol. The lowest BCUT2D eigenvalue weighted by molar-refractivity contribution is 0.0739. The lowest BCUT2D eigenvalue weighted by Crippen LogP contribution is -2.13. The molecule has 0 fully saturated rings. The number of amides is 1. The van der Waals surface area contributed by atoms with Gasteiger partial charge in [0.1, 0.15) is 15.6 Å². The second kappa shape index (κ2) is 7.91. The summed E-state index contributed by atoms with van der Waals surface area (Å²) < 4.78 is 10.2. The van der Waals surface area contributed by atoms with Crippen LogP contribution in [-0.4, -0.2) is 23.7 Å². The molecule has 0 aliphatic carbocycles. The van der Waals surface area contributed by atoms with Gasteiger partial charge in [0, 0.05) is 11.8 Å². The van der Waals surface area contributed by atoms with Gasteiger partial charge in [-0.15, -0.1) is 22.7 Å². The molecule has 0 radical (unpaired) electrons. The third kappa shape index (κ3) is 4.43. The summed E-state index contributed by atoms with van der Waals surface area (Å²) in [5.74, 6) is -0.168. The van der Waals surface area contributed by atoms with Crippen LogP contribution in [-0.2, 0) is 4.74 Å². The molecule has 0 aliphatic rings. The van der Waals surface area contributed by atoms with Crippen LogP contribution in [0, 0.1) is 0 Å². The minimum Gasteiger partial charge on any atom is -0.450 e. The number of nitrogens with zero attached hydrogens (tertiary/aromatic N) is 1. The lowest BCUT2D eigenvalue weighted by Gasteiger charge is -2.07. The van der Waals surface area contributed by atoms with Crippen LogP contribution < -0.4 is 10.1 Å². The molecule has 128 valence electrons. The zero-order chi connectivity index (χ0) is 17.6. The fourth-order valence-corrected chi connectivity index (χ4v) is 3.56. The molecule has 0 unspecified atom stereocenters. The number of aromatic nitrogens is 1. The molecule has 2 heterocycles. The maximum Gasteiger partial charge on any atom is 0.411 e. The fraction of sp³-hybridized carbons (Fsp3) is 0.118. The summed E-state index contributed by atoms with van der Waals surface area (Å²) >= 11 is 2.83. The highest BCUT2D eigenvalue weighted by molar-refractivity contribution is 7.21. The van der Waals surface area contributed by atoms with Crippen molar-refractivity contribution in [1.82, 2.24) is 4.98 Å². The third-order valence-corrected chi connectivity index (χ3v) is 5.02. The van der Waals surface area contributed by atoms with Crippen molar-refractivity contribution in [2.24, 2.45) is 0 Å². The highest BCUT2D eigenvalue weighted by Crippen LogP contribution is 2.29. The van der Waals surface area contributed by atoms with Crippen molar-refractivity contribution >= 4 is 40.4 Å². The largest absolute Gasteiger partial charge is 0.450 e. The zero-order valence-corrected chi connectivity index (χ0v) is 14.9. The quantitative estimate of drug-likeness (QED) is 0.519. The molecule has 1 N–H and O–H groups in total. The van der Waals surface area contributed by atoms with Crippen molar-refractivity contribution in [3.05, 3.63) is 52.9 Å². The van der Waals surface area contributed by atoms with Crippen LogP contribution in [0.1, 0.15) is 16.6 Å². The Balaban J connectivity index is 1.68. The molecule has 0 saturated heterocycles. The number of benzene rings is 1. The zero-order valence-electron chi connectivity index (χ0n) is 13.2. The molecule has 1 amide bonds. The Labute approximate surface area is 152 Å². The number of ether oxygens (including phenoxy) is 2. The van der Waals surface area contributed by atoms with Gasteiger partial charge in [-0.2, -0.15) is 0 Å². The number of hydrogen-bond donors (Lipinski definition) is 1. The molecule has 0 bridgehead atoms. The Hall–Kier alpha value is -2.71. The number of esters is 1. The number of thiophene rings is 1. The molecular weight excluding hydrogens is 360 g/mol. The fourth-order valence-electron chi connectivity index (χ4n) is 1.96. The van der Waals surface area contributed by atoms with E-state index in [-0.39, 0.29) is 6.61 Å². The topological polar surface area (TPSA) is 77.5 Å². The maximum absolute atomic E-state index is 12.3. The number of carbonyl (C=O) groups is 2. The van der Waals surface area contributed by atoms with E-state index in [1.807, 2.05) is 17.5 Å². The summed E-state index contributed by atoms with van der Waals surface area (Å²) in [5.41, 5.74) is 0.479. The van der Waals surface area contributed by atoms with E-state index in [2.05, 4.69) is 10.3 Å². The molecule has 0 aliphatic heterocycles. The SMILES string of the molecule is CCOC(=O)Nc1cccc(OC(=O)c2cnc(-c3cccs3)s2)c1. The first kappa shape index (κ1) is 17.1. The minimum atomic E-state index is -0.561. The van der Waals surface area contributed by atoms with Crippen molar-refractivity contribution in [3.8, 4) is 15.6 Å². The van der Waals surface area contributed by atoms with E-state index in [1.54, 1.807) is 42.5 Å². The van der Waals surface area contributed by atoms with Gasteiger partial charge in [-0.3, -0.25) is 5.32 Å². The molecule has 0 spiro atoms. The van der Waals surface area contributed by atoms with E-state index in [1.165, 1.54) is 17.5 Å². The van der Waals surface area contributed by atoms with E-state index in [4.69, 9.17) is 9.47 Å².